The Labute approximate surface area is 150 Å². The van der Waals surface area contributed by atoms with Crippen LogP contribution in [0, 0.1) is 0 Å². The van der Waals surface area contributed by atoms with Crippen molar-refractivity contribution in [3.8, 4) is 0 Å². The van der Waals surface area contributed by atoms with Crippen LogP contribution >= 0.6 is 23.4 Å². The Bertz CT molecular complexity index is 943. The third-order valence-electron chi connectivity index (χ3n) is 3.97. The van der Waals surface area contributed by atoms with E-state index in [-0.39, 0.29) is 5.78 Å². The molecule has 0 aromatic heterocycles. The van der Waals surface area contributed by atoms with Crippen molar-refractivity contribution in [3.63, 3.8) is 0 Å². The summed E-state index contributed by atoms with van der Waals surface area (Å²) in [5, 5.41) is 0.689. The van der Waals surface area contributed by atoms with Gasteiger partial charge in [-0.2, -0.15) is 0 Å². The number of halogens is 1. The van der Waals surface area contributed by atoms with Crippen LogP contribution in [0.4, 0.5) is 0 Å². The quantitative estimate of drug-likeness (QED) is 0.569. The Morgan fingerprint density at radius 2 is 1.33 bits per heavy atom. The van der Waals surface area contributed by atoms with Gasteiger partial charge in [0.2, 0.25) is 5.78 Å². The molecule has 0 unspecified atom stereocenters. The van der Waals surface area contributed by atoms with Gasteiger partial charge in [0.15, 0.2) is 0 Å². The summed E-state index contributed by atoms with van der Waals surface area (Å²) in [6, 6.07) is 25.4. The standard InChI is InChI=1S/C21H13ClOS/c22-15-12-10-14(11-13-15)19-17-8-4-5-9-18(17)20(23)21(19)24-16-6-2-1-3-7-16/h1-13H. The molecule has 0 aliphatic heterocycles. The van der Waals surface area contributed by atoms with Crippen molar-refractivity contribution >= 4 is 34.7 Å². The van der Waals surface area contributed by atoms with Crippen LogP contribution in [0.25, 0.3) is 5.57 Å². The molecule has 3 aromatic carbocycles. The molecular formula is C21H13ClOS. The van der Waals surface area contributed by atoms with Crippen molar-refractivity contribution in [2.45, 2.75) is 4.90 Å². The highest BCUT2D eigenvalue weighted by Crippen LogP contribution is 2.44. The second-order valence-corrected chi connectivity index (χ2v) is 7.02. The zero-order valence-electron chi connectivity index (χ0n) is 12.7. The largest absolute Gasteiger partial charge is 0.288 e. The lowest BCUT2D eigenvalue weighted by molar-refractivity contribution is 0.104. The molecule has 0 saturated carbocycles. The van der Waals surface area contributed by atoms with Gasteiger partial charge in [-0.25, -0.2) is 0 Å². The lowest BCUT2D eigenvalue weighted by atomic mass is 9.99. The number of rotatable bonds is 3. The number of hydrogen-bond acceptors (Lipinski definition) is 2. The fourth-order valence-corrected chi connectivity index (χ4v) is 4.05. The minimum Gasteiger partial charge on any atom is -0.288 e. The van der Waals surface area contributed by atoms with Gasteiger partial charge in [0.1, 0.15) is 0 Å². The molecule has 3 heteroatoms. The molecule has 1 nitrogen and oxygen atoms in total. The van der Waals surface area contributed by atoms with Crippen molar-refractivity contribution < 1.29 is 4.79 Å². The molecule has 3 aromatic rings. The van der Waals surface area contributed by atoms with Crippen LogP contribution in [0.15, 0.2) is 88.7 Å². The molecular weight excluding hydrogens is 336 g/mol. The molecule has 0 radical (unpaired) electrons. The first-order valence-electron chi connectivity index (χ1n) is 7.61. The molecule has 0 N–H and O–H groups in total. The van der Waals surface area contributed by atoms with E-state index in [1.807, 2.05) is 78.9 Å². The highest BCUT2D eigenvalue weighted by Gasteiger charge is 2.30. The van der Waals surface area contributed by atoms with Crippen molar-refractivity contribution in [1.82, 2.24) is 0 Å². The van der Waals surface area contributed by atoms with Gasteiger partial charge >= 0.3 is 0 Å². The predicted octanol–water partition coefficient (Wildman–Crippen LogP) is 6.09. The average Bonchev–Trinajstić information content (AvgIpc) is 2.89. The zero-order chi connectivity index (χ0) is 16.5. The molecule has 1 aliphatic carbocycles. The summed E-state index contributed by atoms with van der Waals surface area (Å²) in [5.41, 5.74) is 3.75. The lowest BCUT2D eigenvalue weighted by Gasteiger charge is -2.08. The number of carbonyl (C=O) groups excluding carboxylic acids is 1. The topological polar surface area (TPSA) is 17.1 Å². The minimum atomic E-state index is 0.0874. The van der Waals surface area contributed by atoms with Crippen LogP contribution in [0.3, 0.4) is 0 Å². The first-order chi connectivity index (χ1) is 11.7. The van der Waals surface area contributed by atoms with Gasteiger partial charge in [-0.1, -0.05) is 78.0 Å². The fourth-order valence-electron chi connectivity index (χ4n) is 2.86. The van der Waals surface area contributed by atoms with E-state index in [9.17, 15) is 4.79 Å². The van der Waals surface area contributed by atoms with E-state index < -0.39 is 0 Å². The van der Waals surface area contributed by atoms with Gasteiger partial charge in [-0.15, -0.1) is 0 Å². The van der Waals surface area contributed by atoms with Crippen LogP contribution in [0.2, 0.25) is 5.02 Å². The van der Waals surface area contributed by atoms with Crippen molar-refractivity contribution in [2.24, 2.45) is 0 Å². The highest BCUT2D eigenvalue weighted by atomic mass is 35.5. The molecule has 0 bridgehead atoms. The lowest BCUT2D eigenvalue weighted by Crippen LogP contribution is -1.95. The number of hydrogen-bond donors (Lipinski definition) is 0. The molecule has 0 amide bonds. The third-order valence-corrected chi connectivity index (χ3v) is 5.32. The van der Waals surface area contributed by atoms with Crippen molar-refractivity contribution in [1.29, 1.82) is 0 Å². The molecule has 116 valence electrons. The maximum absolute atomic E-state index is 12.9. The van der Waals surface area contributed by atoms with Gasteiger partial charge in [0, 0.05) is 21.1 Å². The summed E-state index contributed by atoms with van der Waals surface area (Å²) in [6.07, 6.45) is 0. The number of allylic oxidation sites excluding steroid dienone is 1. The number of carbonyl (C=O) groups is 1. The number of Topliss-reactive ketones (excluding diaryl/α,β-unsaturated/α-hetero) is 1. The highest BCUT2D eigenvalue weighted by molar-refractivity contribution is 8.04. The summed E-state index contributed by atoms with van der Waals surface area (Å²) in [4.78, 5) is 14.8. The maximum Gasteiger partial charge on any atom is 0.200 e. The summed E-state index contributed by atoms with van der Waals surface area (Å²) in [6.45, 7) is 0. The number of benzene rings is 3. The van der Waals surface area contributed by atoms with Crippen LogP contribution in [-0.2, 0) is 0 Å². The molecule has 0 spiro atoms. The maximum atomic E-state index is 12.9. The van der Waals surface area contributed by atoms with Crippen LogP contribution in [0.5, 0.6) is 0 Å². The smallest absolute Gasteiger partial charge is 0.200 e. The van der Waals surface area contributed by atoms with Gasteiger partial charge in [0.25, 0.3) is 0 Å². The molecule has 0 fully saturated rings. The van der Waals surface area contributed by atoms with Gasteiger partial charge in [-0.05, 0) is 35.4 Å². The van der Waals surface area contributed by atoms with Crippen LogP contribution < -0.4 is 0 Å². The van der Waals surface area contributed by atoms with E-state index in [0.29, 0.717) is 5.02 Å². The van der Waals surface area contributed by atoms with E-state index in [2.05, 4.69) is 0 Å². The molecule has 4 rings (SSSR count). The first-order valence-corrected chi connectivity index (χ1v) is 8.81. The second kappa shape index (κ2) is 6.31. The molecule has 0 atom stereocenters. The third kappa shape index (κ3) is 2.68. The SMILES string of the molecule is O=C1C(Sc2ccccc2)=C(c2ccc(Cl)cc2)c2ccccc21. The zero-order valence-corrected chi connectivity index (χ0v) is 14.3. The average molecular weight is 349 g/mol. The van der Waals surface area contributed by atoms with Crippen LogP contribution in [-0.4, -0.2) is 5.78 Å². The van der Waals surface area contributed by atoms with E-state index >= 15 is 0 Å². The fraction of sp³-hybridized carbons (Fsp3) is 0. The molecule has 24 heavy (non-hydrogen) atoms. The molecule has 0 saturated heterocycles. The Kier molecular flexibility index (Phi) is 4.01. The van der Waals surface area contributed by atoms with E-state index in [1.165, 1.54) is 11.8 Å². The Morgan fingerprint density at radius 1 is 0.708 bits per heavy atom. The summed E-state index contributed by atoms with van der Waals surface area (Å²) >= 11 is 7.55. The first kappa shape index (κ1) is 15.3. The Morgan fingerprint density at radius 3 is 2.04 bits per heavy atom. The van der Waals surface area contributed by atoms with Crippen molar-refractivity contribution in [2.75, 3.05) is 0 Å². The number of fused-ring (bicyclic) bond motifs is 1. The van der Waals surface area contributed by atoms with Gasteiger partial charge in [0.05, 0.1) is 4.91 Å². The van der Waals surface area contributed by atoms with Gasteiger partial charge in [-0.3, -0.25) is 4.79 Å². The van der Waals surface area contributed by atoms with E-state index in [1.54, 1.807) is 0 Å². The molecule has 0 heterocycles. The second-order valence-electron chi connectivity index (χ2n) is 5.50. The van der Waals surface area contributed by atoms with Crippen LogP contribution in [0.1, 0.15) is 21.5 Å². The minimum absolute atomic E-state index is 0.0874. The monoisotopic (exact) mass is 348 g/mol. The number of thioether (sulfide) groups is 1. The number of ketones is 1. The summed E-state index contributed by atoms with van der Waals surface area (Å²) < 4.78 is 0. The van der Waals surface area contributed by atoms with Crippen molar-refractivity contribution in [3.05, 3.63) is 105 Å². The molecule has 1 aliphatic rings. The Balaban J connectivity index is 1.89. The van der Waals surface area contributed by atoms with E-state index in [4.69, 9.17) is 11.6 Å². The van der Waals surface area contributed by atoms with E-state index in [0.717, 1.165) is 32.1 Å². The predicted molar refractivity (Wildman–Crippen MR) is 101 cm³/mol. The Hall–Kier alpha value is -2.29. The van der Waals surface area contributed by atoms with Gasteiger partial charge < -0.3 is 0 Å². The summed E-state index contributed by atoms with van der Waals surface area (Å²) in [5.74, 6) is 0.0874. The normalized spacial score (nSPS) is 13.3. The summed E-state index contributed by atoms with van der Waals surface area (Å²) in [7, 11) is 0.